The average Bonchev–Trinajstić information content (AvgIpc) is 3.14. The molecule has 1 aliphatic rings. The van der Waals surface area contributed by atoms with Crippen molar-refractivity contribution in [2.75, 3.05) is 13.1 Å². The van der Waals surface area contributed by atoms with E-state index in [9.17, 15) is 14.4 Å². The maximum absolute atomic E-state index is 12.8. The van der Waals surface area contributed by atoms with Crippen LogP contribution in [-0.4, -0.2) is 52.3 Å². The minimum Gasteiger partial charge on any atom is -0.443 e. The van der Waals surface area contributed by atoms with E-state index in [1.165, 1.54) is 9.63 Å². The summed E-state index contributed by atoms with van der Waals surface area (Å²) in [6.07, 6.45) is 1.45. The van der Waals surface area contributed by atoms with Gasteiger partial charge in [-0.1, -0.05) is 36.4 Å². The van der Waals surface area contributed by atoms with E-state index in [2.05, 4.69) is 5.32 Å². The van der Waals surface area contributed by atoms with E-state index in [4.69, 9.17) is 9.57 Å². The van der Waals surface area contributed by atoms with Gasteiger partial charge in [0.05, 0.1) is 17.6 Å². The van der Waals surface area contributed by atoms with Gasteiger partial charge in [0.1, 0.15) is 11.6 Å². The van der Waals surface area contributed by atoms with Crippen molar-refractivity contribution in [3.8, 4) is 0 Å². The van der Waals surface area contributed by atoms with Crippen molar-refractivity contribution in [1.82, 2.24) is 14.9 Å². The lowest BCUT2D eigenvalue weighted by Gasteiger charge is -2.33. The molecular formula is C25H27N3O5. The highest BCUT2D eigenvalue weighted by atomic mass is 16.7. The molecular weight excluding hydrogens is 422 g/mol. The molecule has 4 rings (SSSR count). The van der Waals surface area contributed by atoms with Gasteiger partial charge >= 0.3 is 12.1 Å². The molecule has 1 amide bonds. The number of aromatic nitrogens is 1. The zero-order valence-corrected chi connectivity index (χ0v) is 18.9. The largest absolute Gasteiger partial charge is 0.443 e. The smallest absolute Gasteiger partial charge is 0.419 e. The number of ether oxygens (including phenoxy) is 1. The standard InChI is InChI=1S/C25H27N3O5/c1-25(2,3)32-24(31)27-16-18(19-11-7-8-12-20(19)27)15-21-22(29)26-13-14-28(21)33-23(30)17-9-5-4-6-10-17/h4-12,16,21H,13-15H2,1-3H3,(H,26,29)/t21-/m1/s1. The summed E-state index contributed by atoms with van der Waals surface area (Å²) < 4.78 is 7.00. The number of amides is 1. The third-order valence-electron chi connectivity index (χ3n) is 5.29. The van der Waals surface area contributed by atoms with Crippen LogP contribution in [0, 0.1) is 0 Å². The topological polar surface area (TPSA) is 89.9 Å². The molecule has 1 fully saturated rings. The SMILES string of the molecule is CC(C)(C)OC(=O)n1cc(C[C@@H]2C(=O)NCCN2OC(=O)c2ccccc2)c2ccccc21. The lowest BCUT2D eigenvalue weighted by Crippen LogP contribution is -2.56. The van der Waals surface area contributed by atoms with Crippen LogP contribution in [0.15, 0.2) is 60.8 Å². The molecule has 0 unspecified atom stereocenters. The molecule has 0 radical (unpaired) electrons. The van der Waals surface area contributed by atoms with Gasteiger partial charge < -0.3 is 14.9 Å². The first-order valence-corrected chi connectivity index (χ1v) is 10.9. The van der Waals surface area contributed by atoms with Crippen molar-refractivity contribution in [3.63, 3.8) is 0 Å². The van der Waals surface area contributed by atoms with Crippen molar-refractivity contribution in [2.24, 2.45) is 0 Å². The van der Waals surface area contributed by atoms with Gasteiger partial charge in [-0.25, -0.2) is 9.59 Å². The van der Waals surface area contributed by atoms with E-state index >= 15 is 0 Å². The zero-order valence-electron chi connectivity index (χ0n) is 18.9. The number of para-hydroxylation sites is 1. The molecule has 1 aliphatic heterocycles. The number of nitrogens with one attached hydrogen (secondary N) is 1. The minimum atomic E-state index is -0.732. The van der Waals surface area contributed by atoms with Crippen LogP contribution in [0.5, 0.6) is 0 Å². The van der Waals surface area contributed by atoms with Crippen LogP contribution < -0.4 is 5.32 Å². The number of piperazine rings is 1. The van der Waals surface area contributed by atoms with Gasteiger partial charge in [-0.05, 0) is 44.5 Å². The van der Waals surface area contributed by atoms with Gasteiger partial charge in [0.15, 0.2) is 0 Å². The lowest BCUT2D eigenvalue weighted by molar-refractivity contribution is -0.166. The van der Waals surface area contributed by atoms with Gasteiger partial charge in [0, 0.05) is 24.5 Å². The Hall–Kier alpha value is -3.65. The Labute approximate surface area is 192 Å². The fourth-order valence-electron chi connectivity index (χ4n) is 3.81. The van der Waals surface area contributed by atoms with Crippen LogP contribution in [0.1, 0.15) is 36.7 Å². The molecule has 0 saturated carbocycles. The van der Waals surface area contributed by atoms with Crippen LogP contribution in [-0.2, 0) is 20.8 Å². The highest BCUT2D eigenvalue weighted by Crippen LogP contribution is 2.26. The summed E-state index contributed by atoms with van der Waals surface area (Å²) >= 11 is 0. The number of hydroxylamine groups is 2. The first-order valence-electron chi connectivity index (χ1n) is 10.9. The fraction of sp³-hybridized carbons (Fsp3) is 0.320. The minimum absolute atomic E-state index is 0.240. The van der Waals surface area contributed by atoms with Crippen molar-refractivity contribution >= 4 is 28.9 Å². The number of benzene rings is 2. The van der Waals surface area contributed by atoms with Crippen LogP contribution in [0.25, 0.3) is 10.9 Å². The van der Waals surface area contributed by atoms with E-state index in [-0.39, 0.29) is 12.3 Å². The van der Waals surface area contributed by atoms with Crippen molar-refractivity contribution < 1.29 is 24.0 Å². The predicted octanol–water partition coefficient (Wildman–Crippen LogP) is 3.54. The van der Waals surface area contributed by atoms with E-state index in [1.807, 2.05) is 51.1 Å². The van der Waals surface area contributed by atoms with Gasteiger partial charge in [0.2, 0.25) is 5.91 Å². The Morgan fingerprint density at radius 2 is 1.76 bits per heavy atom. The number of fused-ring (bicyclic) bond motifs is 1. The molecule has 0 bridgehead atoms. The molecule has 2 aromatic carbocycles. The number of rotatable bonds is 4. The Bertz CT molecular complexity index is 1180. The number of carbonyl (C=O) groups is 3. The average molecular weight is 450 g/mol. The second kappa shape index (κ2) is 9.07. The van der Waals surface area contributed by atoms with Gasteiger partial charge in [-0.3, -0.25) is 9.36 Å². The molecule has 8 nitrogen and oxygen atoms in total. The second-order valence-corrected chi connectivity index (χ2v) is 8.92. The van der Waals surface area contributed by atoms with Gasteiger partial charge in [0.25, 0.3) is 0 Å². The summed E-state index contributed by atoms with van der Waals surface area (Å²) in [5, 5.41) is 5.09. The molecule has 33 heavy (non-hydrogen) atoms. The van der Waals surface area contributed by atoms with Crippen molar-refractivity contribution in [3.05, 3.63) is 71.9 Å². The summed E-state index contributed by atoms with van der Waals surface area (Å²) in [5.41, 5.74) is 1.22. The highest BCUT2D eigenvalue weighted by molar-refractivity contribution is 5.93. The first-order chi connectivity index (χ1) is 15.7. The van der Waals surface area contributed by atoms with Crippen LogP contribution >= 0.6 is 0 Å². The fourth-order valence-corrected chi connectivity index (χ4v) is 3.81. The maximum Gasteiger partial charge on any atom is 0.419 e. The zero-order chi connectivity index (χ0) is 23.6. The van der Waals surface area contributed by atoms with E-state index in [1.54, 1.807) is 30.5 Å². The number of hydrogen-bond donors (Lipinski definition) is 1. The van der Waals surface area contributed by atoms with E-state index in [0.29, 0.717) is 24.2 Å². The third kappa shape index (κ3) is 5.06. The molecule has 0 spiro atoms. The Morgan fingerprint density at radius 3 is 2.48 bits per heavy atom. The first kappa shape index (κ1) is 22.5. The van der Waals surface area contributed by atoms with Crippen molar-refractivity contribution in [2.45, 2.75) is 38.8 Å². The predicted molar refractivity (Wildman–Crippen MR) is 123 cm³/mol. The Morgan fingerprint density at radius 1 is 1.06 bits per heavy atom. The van der Waals surface area contributed by atoms with E-state index in [0.717, 1.165) is 10.9 Å². The molecule has 0 aliphatic carbocycles. The third-order valence-corrected chi connectivity index (χ3v) is 5.29. The Kier molecular flexibility index (Phi) is 6.20. The Balaban J connectivity index is 1.62. The number of nitrogens with zero attached hydrogens (tertiary/aromatic N) is 2. The quantitative estimate of drug-likeness (QED) is 0.655. The summed E-state index contributed by atoms with van der Waals surface area (Å²) in [6, 6.07) is 15.4. The monoisotopic (exact) mass is 449 g/mol. The molecule has 8 heteroatoms. The molecule has 2 heterocycles. The van der Waals surface area contributed by atoms with Gasteiger partial charge in [-0.15, -0.1) is 5.06 Å². The molecule has 3 aromatic rings. The highest BCUT2D eigenvalue weighted by Gasteiger charge is 2.34. The molecule has 1 aromatic heterocycles. The molecule has 1 N–H and O–H groups in total. The van der Waals surface area contributed by atoms with Crippen molar-refractivity contribution in [1.29, 1.82) is 0 Å². The lowest BCUT2D eigenvalue weighted by atomic mass is 10.0. The van der Waals surface area contributed by atoms with Gasteiger partial charge in [-0.2, -0.15) is 0 Å². The normalized spacial score (nSPS) is 16.9. The van der Waals surface area contributed by atoms with Crippen LogP contribution in [0.2, 0.25) is 0 Å². The summed E-state index contributed by atoms with van der Waals surface area (Å²) in [6.45, 7) is 6.16. The van der Waals surface area contributed by atoms with E-state index < -0.39 is 23.7 Å². The number of carbonyl (C=O) groups excluding carboxylic acids is 3. The summed E-state index contributed by atoms with van der Waals surface area (Å²) in [5.74, 6) is -0.761. The summed E-state index contributed by atoms with van der Waals surface area (Å²) in [7, 11) is 0. The molecule has 1 saturated heterocycles. The second-order valence-electron chi connectivity index (χ2n) is 8.92. The van der Waals surface area contributed by atoms with Crippen LogP contribution in [0.4, 0.5) is 4.79 Å². The summed E-state index contributed by atoms with van der Waals surface area (Å²) in [4.78, 5) is 43.7. The molecule has 172 valence electrons. The number of hydrogen-bond acceptors (Lipinski definition) is 6. The van der Waals surface area contributed by atoms with Crippen LogP contribution in [0.3, 0.4) is 0 Å². The molecule has 1 atom stereocenters. The maximum atomic E-state index is 12.8.